The van der Waals surface area contributed by atoms with E-state index >= 15 is 0 Å². The first kappa shape index (κ1) is 13.7. The van der Waals surface area contributed by atoms with Crippen molar-refractivity contribution in [2.75, 3.05) is 6.26 Å². The molecule has 3 heteroatoms. The third kappa shape index (κ3) is 2.37. The molecule has 1 nitrogen and oxygen atoms in total. The van der Waals surface area contributed by atoms with Crippen molar-refractivity contribution >= 4 is 12.0 Å². The van der Waals surface area contributed by atoms with Crippen LogP contribution in [0.5, 0.6) is 0 Å². The van der Waals surface area contributed by atoms with E-state index < -0.39 is 6.17 Å². The molecule has 0 radical (unpaired) electrons. The predicted molar refractivity (Wildman–Crippen MR) is 71.6 cm³/mol. The molecule has 2 aliphatic rings. The van der Waals surface area contributed by atoms with Gasteiger partial charge in [0, 0.05) is 6.26 Å². The monoisotopic (exact) mass is 260 g/mol. The molecule has 0 spiro atoms. The zero-order chi connectivity index (χ0) is 12.6. The SMILES string of the molecule is CC[C@@H]1C(C2[C@H](C)C[C@@H]2OSC)CC1[C@@H](C)F. The molecule has 2 saturated carbocycles. The predicted octanol–water partition coefficient (Wildman–Crippen LogP) is 4.33. The van der Waals surface area contributed by atoms with Crippen molar-refractivity contribution in [3.05, 3.63) is 0 Å². The fourth-order valence-corrected chi connectivity index (χ4v) is 4.59. The van der Waals surface area contributed by atoms with Crippen LogP contribution in [0.25, 0.3) is 0 Å². The van der Waals surface area contributed by atoms with Crippen LogP contribution in [0.3, 0.4) is 0 Å². The molecule has 0 bridgehead atoms. The Morgan fingerprint density at radius 2 is 2.12 bits per heavy atom. The summed E-state index contributed by atoms with van der Waals surface area (Å²) in [7, 11) is 0. The van der Waals surface area contributed by atoms with Gasteiger partial charge in [0.2, 0.25) is 0 Å². The van der Waals surface area contributed by atoms with Gasteiger partial charge in [-0.25, -0.2) is 4.39 Å². The second kappa shape index (κ2) is 5.48. The first-order valence-corrected chi connectivity index (χ1v) is 8.08. The second-order valence-electron chi connectivity index (χ2n) is 5.90. The third-order valence-electron chi connectivity index (χ3n) is 5.11. The number of halogens is 1. The Kier molecular flexibility index (Phi) is 4.40. The van der Waals surface area contributed by atoms with Crippen LogP contribution in [0.2, 0.25) is 0 Å². The number of hydrogen-bond donors (Lipinski definition) is 0. The highest BCUT2D eigenvalue weighted by atomic mass is 32.2. The molecule has 2 fully saturated rings. The maximum atomic E-state index is 13.4. The summed E-state index contributed by atoms with van der Waals surface area (Å²) >= 11 is 1.49. The third-order valence-corrected chi connectivity index (χ3v) is 5.55. The molecule has 0 aliphatic heterocycles. The Bertz CT molecular complexity index is 257. The second-order valence-corrected chi connectivity index (χ2v) is 6.43. The minimum absolute atomic E-state index is 0.313. The molecule has 0 N–H and O–H groups in total. The molecule has 0 heterocycles. The Morgan fingerprint density at radius 1 is 1.41 bits per heavy atom. The van der Waals surface area contributed by atoms with Gasteiger partial charge in [0.05, 0.1) is 6.10 Å². The highest BCUT2D eigenvalue weighted by Gasteiger charge is 2.53. The van der Waals surface area contributed by atoms with Crippen LogP contribution in [-0.2, 0) is 4.18 Å². The summed E-state index contributed by atoms with van der Waals surface area (Å²) in [5.74, 6) is 3.07. The number of hydrogen-bond acceptors (Lipinski definition) is 2. The highest BCUT2D eigenvalue weighted by Crippen LogP contribution is 2.56. The van der Waals surface area contributed by atoms with Gasteiger partial charge in [-0.3, -0.25) is 0 Å². The quantitative estimate of drug-likeness (QED) is 0.681. The van der Waals surface area contributed by atoms with E-state index in [9.17, 15) is 4.39 Å². The van der Waals surface area contributed by atoms with Crippen molar-refractivity contribution in [3.8, 4) is 0 Å². The van der Waals surface area contributed by atoms with Crippen LogP contribution in [-0.4, -0.2) is 18.5 Å². The average Bonchev–Trinajstić information content (AvgIpc) is 2.23. The summed E-state index contributed by atoms with van der Waals surface area (Å²) < 4.78 is 19.2. The van der Waals surface area contributed by atoms with Crippen molar-refractivity contribution in [1.29, 1.82) is 0 Å². The van der Waals surface area contributed by atoms with Crippen LogP contribution in [0.15, 0.2) is 0 Å². The zero-order valence-electron chi connectivity index (χ0n) is 11.4. The van der Waals surface area contributed by atoms with Crippen LogP contribution in [0.1, 0.15) is 40.0 Å². The van der Waals surface area contributed by atoms with Crippen LogP contribution < -0.4 is 0 Å². The molecule has 2 rings (SSSR count). The highest BCUT2D eigenvalue weighted by molar-refractivity contribution is 7.93. The number of alkyl halides is 1. The summed E-state index contributed by atoms with van der Waals surface area (Å²) in [5.41, 5.74) is 0. The van der Waals surface area contributed by atoms with Crippen molar-refractivity contribution in [2.24, 2.45) is 29.6 Å². The molecule has 2 aliphatic carbocycles. The first-order chi connectivity index (χ1) is 8.10. The van der Waals surface area contributed by atoms with E-state index in [-0.39, 0.29) is 0 Å². The Balaban J connectivity index is 1.94. The average molecular weight is 260 g/mol. The van der Waals surface area contributed by atoms with Crippen LogP contribution in [0.4, 0.5) is 4.39 Å². The van der Waals surface area contributed by atoms with Gasteiger partial charge in [-0.15, -0.1) is 0 Å². The molecule has 0 saturated heterocycles. The minimum Gasteiger partial charge on any atom is -0.312 e. The van der Waals surface area contributed by atoms with E-state index in [0.29, 0.717) is 29.8 Å². The molecule has 0 aromatic carbocycles. The van der Waals surface area contributed by atoms with Gasteiger partial charge in [-0.05, 0) is 61.4 Å². The fraction of sp³-hybridized carbons (Fsp3) is 1.00. The summed E-state index contributed by atoms with van der Waals surface area (Å²) in [5, 5.41) is 0. The maximum Gasteiger partial charge on any atom is 0.100 e. The summed E-state index contributed by atoms with van der Waals surface area (Å²) in [4.78, 5) is 0. The molecule has 0 aromatic heterocycles. The standard InChI is InChI=1S/C14H25FOS/c1-5-10-11(9(3)15)7-12(10)14-8(2)6-13(14)16-17-4/h8-14H,5-7H2,1-4H3/t8-,9-,10+,11?,12?,13+,14?/m1/s1. The lowest BCUT2D eigenvalue weighted by Crippen LogP contribution is -2.54. The van der Waals surface area contributed by atoms with Crippen LogP contribution >= 0.6 is 12.0 Å². The summed E-state index contributed by atoms with van der Waals surface area (Å²) in [6.07, 6.45) is 5.18. The lowest BCUT2D eigenvalue weighted by atomic mass is 9.51. The summed E-state index contributed by atoms with van der Waals surface area (Å²) in [6, 6.07) is 0. The Labute approximate surface area is 109 Å². The molecule has 0 aromatic rings. The molecule has 0 amide bonds. The summed E-state index contributed by atoms with van der Waals surface area (Å²) in [6.45, 7) is 6.26. The largest absolute Gasteiger partial charge is 0.312 e. The smallest absolute Gasteiger partial charge is 0.100 e. The topological polar surface area (TPSA) is 9.23 Å². The van der Waals surface area contributed by atoms with E-state index in [1.165, 1.54) is 18.5 Å². The fourth-order valence-electron chi connectivity index (χ4n) is 4.14. The minimum atomic E-state index is -0.633. The van der Waals surface area contributed by atoms with Gasteiger partial charge in [-0.1, -0.05) is 20.3 Å². The van der Waals surface area contributed by atoms with Crippen molar-refractivity contribution < 1.29 is 8.57 Å². The van der Waals surface area contributed by atoms with Crippen molar-refractivity contribution in [3.63, 3.8) is 0 Å². The lowest BCUT2D eigenvalue weighted by Gasteiger charge is -2.56. The van der Waals surface area contributed by atoms with E-state index in [2.05, 4.69) is 13.8 Å². The van der Waals surface area contributed by atoms with Gasteiger partial charge in [0.1, 0.15) is 6.17 Å². The lowest BCUT2D eigenvalue weighted by molar-refractivity contribution is -0.117. The van der Waals surface area contributed by atoms with Gasteiger partial charge < -0.3 is 4.18 Å². The van der Waals surface area contributed by atoms with Crippen molar-refractivity contribution in [2.45, 2.75) is 52.3 Å². The van der Waals surface area contributed by atoms with E-state index in [4.69, 9.17) is 4.18 Å². The number of rotatable bonds is 5. The van der Waals surface area contributed by atoms with E-state index in [0.717, 1.165) is 18.8 Å². The van der Waals surface area contributed by atoms with E-state index in [1.54, 1.807) is 6.92 Å². The molecule has 100 valence electrons. The van der Waals surface area contributed by atoms with Gasteiger partial charge in [0.15, 0.2) is 0 Å². The first-order valence-electron chi connectivity index (χ1n) is 6.93. The van der Waals surface area contributed by atoms with Gasteiger partial charge >= 0.3 is 0 Å². The maximum absolute atomic E-state index is 13.4. The van der Waals surface area contributed by atoms with Crippen molar-refractivity contribution in [1.82, 2.24) is 0 Å². The molecule has 7 atom stereocenters. The van der Waals surface area contributed by atoms with Gasteiger partial charge in [0.25, 0.3) is 0 Å². The van der Waals surface area contributed by atoms with E-state index in [1.807, 2.05) is 6.26 Å². The normalized spacial score (nSPS) is 47.1. The molecular formula is C14H25FOS. The molecular weight excluding hydrogens is 235 g/mol. The Morgan fingerprint density at radius 3 is 2.59 bits per heavy atom. The van der Waals surface area contributed by atoms with Gasteiger partial charge in [-0.2, -0.15) is 0 Å². The van der Waals surface area contributed by atoms with Crippen LogP contribution in [0, 0.1) is 29.6 Å². The molecule has 3 unspecified atom stereocenters. The molecule has 17 heavy (non-hydrogen) atoms. The Hall–Kier alpha value is 0.240. The zero-order valence-corrected chi connectivity index (χ0v) is 12.2.